The van der Waals surface area contributed by atoms with E-state index in [-0.39, 0.29) is 16.9 Å². The molecule has 3 aromatic rings. The Balaban J connectivity index is 1.47. The van der Waals surface area contributed by atoms with Gasteiger partial charge in [0, 0.05) is 48.3 Å². The number of carbonyl (C=O) groups is 1. The van der Waals surface area contributed by atoms with Crippen LogP contribution in [0.15, 0.2) is 46.8 Å². The molecule has 1 saturated heterocycles. The number of hydrogen-bond donors (Lipinski definition) is 1. The van der Waals surface area contributed by atoms with Gasteiger partial charge in [-0.25, -0.2) is 18.5 Å². The summed E-state index contributed by atoms with van der Waals surface area (Å²) in [6.45, 7) is 5.28. The molecule has 0 radical (unpaired) electrons. The molecule has 1 aliphatic heterocycles. The predicted octanol–water partition coefficient (Wildman–Crippen LogP) is 3.40. The van der Waals surface area contributed by atoms with E-state index in [9.17, 15) is 13.2 Å². The van der Waals surface area contributed by atoms with Gasteiger partial charge in [-0.2, -0.15) is 0 Å². The van der Waals surface area contributed by atoms with Gasteiger partial charge in [0.05, 0.1) is 21.7 Å². The molecule has 11 heteroatoms. The number of piperidine rings is 1. The number of thiazole rings is 1. The van der Waals surface area contributed by atoms with Gasteiger partial charge >= 0.3 is 0 Å². The van der Waals surface area contributed by atoms with Gasteiger partial charge < -0.3 is 14.5 Å². The zero-order chi connectivity index (χ0) is 26.7. The highest BCUT2D eigenvalue weighted by Gasteiger charge is 2.25. The summed E-state index contributed by atoms with van der Waals surface area (Å²) in [5.74, 6) is 0.549. The number of aromatic nitrogens is 2. The quantitative estimate of drug-likeness (QED) is 0.463. The Morgan fingerprint density at radius 3 is 2.54 bits per heavy atom. The third-order valence-corrected chi connectivity index (χ3v) is 8.14. The molecule has 0 aliphatic carbocycles. The summed E-state index contributed by atoms with van der Waals surface area (Å²) in [6.07, 6.45) is 3.92. The fraction of sp³-hybridized carbons (Fsp3) is 0.423. The van der Waals surface area contributed by atoms with E-state index in [1.165, 1.54) is 23.5 Å². The van der Waals surface area contributed by atoms with Crippen molar-refractivity contribution >= 4 is 27.3 Å². The van der Waals surface area contributed by atoms with Crippen molar-refractivity contribution in [1.29, 1.82) is 0 Å². The first kappa shape index (κ1) is 27.2. The molecule has 4 rings (SSSR count). The topological polar surface area (TPSA) is 119 Å². The third-order valence-electron chi connectivity index (χ3n) is 6.38. The van der Waals surface area contributed by atoms with Crippen LogP contribution in [-0.4, -0.2) is 73.4 Å². The van der Waals surface area contributed by atoms with Crippen LogP contribution < -0.4 is 9.88 Å². The van der Waals surface area contributed by atoms with Crippen molar-refractivity contribution in [3.8, 4) is 17.0 Å². The summed E-state index contributed by atoms with van der Waals surface area (Å²) in [6, 6.07) is 8.74. The van der Waals surface area contributed by atoms with Crippen LogP contribution in [0.3, 0.4) is 0 Å². The molecule has 1 aliphatic rings. The summed E-state index contributed by atoms with van der Waals surface area (Å²) in [4.78, 5) is 26.2. The van der Waals surface area contributed by atoms with Crippen LogP contribution in [0.5, 0.6) is 5.75 Å². The highest BCUT2D eigenvalue weighted by Crippen LogP contribution is 2.29. The molecule has 0 atom stereocenters. The Morgan fingerprint density at radius 2 is 1.95 bits per heavy atom. The van der Waals surface area contributed by atoms with E-state index in [0.717, 1.165) is 42.2 Å². The minimum atomic E-state index is -3.84. The lowest BCUT2D eigenvalue weighted by Crippen LogP contribution is -2.44. The number of rotatable bonds is 8. The van der Waals surface area contributed by atoms with Gasteiger partial charge in [0.2, 0.25) is 10.0 Å². The van der Waals surface area contributed by atoms with E-state index < -0.39 is 10.0 Å². The van der Waals surface area contributed by atoms with Crippen LogP contribution in [-0.2, 0) is 16.4 Å². The molecule has 198 valence electrons. The number of carbonyl (C=O) groups excluding carboxylic acids is 1. The van der Waals surface area contributed by atoms with Crippen LogP contribution in [0.25, 0.3) is 11.3 Å². The number of hydrogen-bond acceptors (Lipinski definition) is 8. The van der Waals surface area contributed by atoms with E-state index in [0.29, 0.717) is 29.5 Å². The van der Waals surface area contributed by atoms with Crippen LogP contribution in [0.1, 0.15) is 47.7 Å². The number of nitrogens with zero attached hydrogens (tertiary/aromatic N) is 4. The fourth-order valence-corrected chi connectivity index (χ4v) is 5.74. The fourth-order valence-electron chi connectivity index (χ4n) is 4.35. The first-order chi connectivity index (χ1) is 17.5. The van der Waals surface area contributed by atoms with Crippen molar-refractivity contribution in [3.05, 3.63) is 58.2 Å². The summed E-state index contributed by atoms with van der Waals surface area (Å²) in [5, 5.41) is 8.05. The van der Waals surface area contributed by atoms with Gasteiger partial charge in [-0.15, -0.1) is 11.3 Å². The zero-order valence-corrected chi connectivity index (χ0v) is 23.2. The van der Waals surface area contributed by atoms with Gasteiger partial charge in [-0.3, -0.25) is 9.78 Å². The normalized spacial score (nSPS) is 14.9. The standard InChI is InChI=1S/C26H33N5O4S2/c1-17(2)35-24-8-6-21(37(27,33)34)13-19(24)14-25-29-23(16-36-25)18-5-7-22(28-15-18)26(32)31-11-9-20(10-12-31)30(3)4/h5-8,13,15-17,20H,9-12,14H2,1-4H3,(H2,27,33,34). The predicted molar refractivity (Wildman–Crippen MR) is 144 cm³/mol. The maximum absolute atomic E-state index is 12.9. The first-order valence-corrected chi connectivity index (χ1v) is 14.6. The summed E-state index contributed by atoms with van der Waals surface area (Å²) >= 11 is 1.46. The van der Waals surface area contributed by atoms with Gasteiger partial charge in [0.15, 0.2) is 0 Å². The SMILES string of the molecule is CC(C)Oc1ccc(S(N)(=O)=O)cc1Cc1nc(-c2ccc(C(=O)N3CCC(N(C)C)CC3)nc2)cs1. The number of ether oxygens (including phenoxy) is 1. The third kappa shape index (κ3) is 6.72. The number of likely N-dealkylation sites (tertiary alicyclic amines) is 1. The minimum Gasteiger partial charge on any atom is -0.491 e. The molecular weight excluding hydrogens is 510 g/mol. The first-order valence-electron chi connectivity index (χ1n) is 12.2. The monoisotopic (exact) mass is 543 g/mol. The maximum atomic E-state index is 12.9. The molecule has 1 fully saturated rings. The number of pyridine rings is 1. The van der Waals surface area contributed by atoms with Crippen LogP contribution in [0.4, 0.5) is 0 Å². The summed E-state index contributed by atoms with van der Waals surface area (Å²) in [7, 11) is 0.311. The van der Waals surface area contributed by atoms with Gasteiger partial charge in [0.1, 0.15) is 11.4 Å². The molecule has 1 amide bonds. The number of sulfonamides is 1. The molecule has 2 N–H and O–H groups in total. The van der Waals surface area contributed by atoms with E-state index in [1.807, 2.05) is 30.2 Å². The number of amides is 1. The molecule has 0 bridgehead atoms. The van der Waals surface area contributed by atoms with Crippen molar-refractivity contribution in [2.75, 3.05) is 27.2 Å². The van der Waals surface area contributed by atoms with Gasteiger partial charge in [-0.05, 0) is 71.1 Å². The lowest BCUT2D eigenvalue weighted by Gasteiger charge is -2.35. The van der Waals surface area contributed by atoms with Gasteiger partial charge in [0.25, 0.3) is 5.91 Å². The Morgan fingerprint density at radius 1 is 1.22 bits per heavy atom. The average molecular weight is 544 g/mol. The Bertz CT molecular complexity index is 1350. The van der Waals surface area contributed by atoms with E-state index in [4.69, 9.17) is 14.9 Å². The second kappa shape index (κ2) is 11.3. The highest BCUT2D eigenvalue weighted by molar-refractivity contribution is 7.89. The van der Waals surface area contributed by atoms with Crippen molar-refractivity contribution < 1.29 is 17.9 Å². The van der Waals surface area contributed by atoms with Crippen LogP contribution in [0.2, 0.25) is 0 Å². The second-order valence-corrected chi connectivity index (χ2v) is 12.2. The van der Waals surface area contributed by atoms with Gasteiger partial charge in [-0.1, -0.05) is 0 Å². The van der Waals surface area contributed by atoms with Crippen molar-refractivity contribution in [3.63, 3.8) is 0 Å². The molecular formula is C26H33N5O4S2. The Labute approximate surface area is 222 Å². The van der Waals surface area contributed by atoms with E-state index in [2.05, 4.69) is 24.0 Å². The Hall–Kier alpha value is -2.86. The maximum Gasteiger partial charge on any atom is 0.272 e. The number of benzene rings is 1. The van der Waals surface area contributed by atoms with E-state index >= 15 is 0 Å². The van der Waals surface area contributed by atoms with Crippen molar-refractivity contribution in [1.82, 2.24) is 19.8 Å². The summed E-state index contributed by atoms with van der Waals surface area (Å²) in [5.41, 5.74) is 2.67. The largest absolute Gasteiger partial charge is 0.491 e. The number of primary sulfonamides is 1. The molecule has 1 aromatic carbocycles. The van der Waals surface area contributed by atoms with Crippen LogP contribution in [0, 0.1) is 0 Å². The number of nitrogens with two attached hydrogens (primary N) is 1. The molecule has 2 aromatic heterocycles. The molecule has 0 unspecified atom stereocenters. The Kier molecular flexibility index (Phi) is 8.27. The average Bonchev–Trinajstić information content (AvgIpc) is 3.32. The van der Waals surface area contributed by atoms with E-state index in [1.54, 1.807) is 18.3 Å². The second-order valence-electron chi connectivity index (χ2n) is 9.70. The summed E-state index contributed by atoms with van der Waals surface area (Å²) < 4.78 is 29.6. The van der Waals surface area contributed by atoms with Crippen molar-refractivity contribution in [2.45, 2.75) is 50.2 Å². The molecule has 9 nitrogen and oxygen atoms in total. The molecule has 0 spiro atoms. The zero-order valence-electron chi connectivity index (χ0n) is 21.5. The molecule has 0 saturated carbocycles. The smallest absolute Gasteiger partial charge is 0.272 e. The highest BCUT2D eigenvalue weighted by atomic mass is 32.2. The molecule has 3 heterocycles. The van der Waals surface area contributed by atoms with Crippen molar-refractivity contribution in [2.24, 2.45) is 5.14 Å². The minimum absolute atomic E-state index is 0.0331. The lowest BCUT2D eigenvalue weighted by atomic mass is 10.0. The molecule has 37 heavy (non-hydrogen) atoms. The van der Waals surface area contributed by atoms with Crippen LogP contribution >= 0.6 is 11.3 Å². The lowest BCUT2D eigenvalue weighted by molar-refractivity contribution is 0.0657.